The van der Waals surface area contributed by atoms with E-state index in [1.807, 2.05) is 0 Å². The third-order valence-corrected chi connectivity index (χ3v) is 2.76. The van der Waals surface area contributed by atoms with Crippen LogP contribution in [0.25, 0.3) is 0 Å². The normalized spacial score (nSPS) is 13.6. The van der Waals surface area contributed by atoms with Crippen molar-refractivity contribution in [3.8, 4) is 5.75 Å². The van der Waals surface area contributed by atoms with Gasteiger partial charge in [0.1, 0.15) is 12.3 Å². The molecule has 94 valence electrons. The molecule has 18 heavy (non-hydrogen) atoms. The van der Waals surface area contributed by atoms with E-state index in [0.717, 1.165) is 4.90 Å². The van der Waals surface area contributed by atoms with Crippen LogP contribution in [0.3, 0.4) is 0 Å². The molecule has 1 heterocycles. The number of ether oxygens (including phenoxy) is 1. The summed E-state index contributed by atoms with van der Waals surface area (Å²) < 4.78 is 5.00. The summed E-state index contributed by atoms with van der Waals surface area (Å²) >= 11 is 0. The number of likely N-dealkylation sites (N-methyl/N-ethyl adjacent to an activating group) is 1. The first-order chi connectivity index (χ1) is 8.58. The van der Waals surface area contributed by atoms with Gasteiger partial charge in [-0.05, 0) is 18.2 Å². The number of anilines is 1. The van der Waals surface area contributed by atoms with Gasteiger partial charge in [0, 0.05) is 7.05 Å². The molecule has 1 aromatic rings. The van der Waals surface area contributed by atoms with Gasteiger partial charge >= 0.3 is 0 Å². The van der Waals surface area contributed by atoms with E-state index in [4.69, 9.17) is 4.74 Å². The van der Waals surface area contributed by atoms with Crippen LogP contribution < -0.4 is 15.0 Å². The van der Waals surface area contributed by atoms with Crippen LogP contribution in [-0.4, -0.2) is 38.3 Å². The average molecular weight is 248 g/mol. The fourth-order valence-electron chi connectivity index (χ4n) is 1.79. The van der Waals surface area contributed by atoms with Crippen LogP contribution in [0.15, 0.2) is 18.2 Å². The quantitative estimate of drug-likeness (QED) is 0.762. The molecule has 1 aromatic carbocycles. The molecule has 0 aliphatic carbocycles. The minimum absolute atomic E-state index is 0.166. The fraction of sp³-hybridized carbons (Fsp3) is 0.250. The van der Waals surface area contributed by atoms with Crippen molar-refractivity contribution in [3.63, 3.8) is 0 Å². The molecule has 1 N–H and O–H groups in total. The van der Waals surface area contributed by atoms with Gasteiger partial charge in [-0.3, -0.25) is 19.3 Å². The molecule has 0 atom stereocenters. The molecule has 0 saturated heterocycles. The highest BCUT2D eigenvalue weighted by Gasteiger charge is 2.36. The van der Waals surface area contributed by atoms with Gasteiger partial charge in [-0.25, -0.2) is 0 Å². The number of methoxy groups -OCH3 is 1. The predicted molar refractivity (Wildman–Crippen MR) is 63.7 cm³/mol. The summed E-state index contributed by atoms with van der Waals surface area (Å²) in [5, 5.41) is 2.41. The van der Waals surface area contributed by atoms with Crippen LogP contribution in [-0.2, 0) is 9.59 Å². The average Bonchev–Trinajstić information content (AvgIpc) is 2.63. The first-order valence-electron chi connectivity index (χ1n) is 5.33. The highest BCUT2D eigenvalue weighted by molar-refractivity contribution is 6.52. The SMILES string of the molecule is CNC(=O)CN1C(=O)C(=O)c2cc(OC)ccc21. The Labute approximate surface area is 104 Å². The third kappa shape index (κ3) is 1.81. The fourth-order valence-corrected chi connectivity index (χ4v) is 1.79. The van der Waals surface area contributed by atoms with Crippen molar-refractivity contribution in [2.75, 3.05) is 25.6 Å². The van der Waals surface area contributed by atoms with E-state index in [-0.39, 0.29) is 18.0 Å². The molecule has 0 fully saturated rings. The van der Waals surface area contributed by atoms with E-state index in [1.54, 1.807) is 12.1 Å². The van der Waals surface area contributed by atoms with Crippen molar-refractivity contribution in [1.29, 1.82) is 0 Å². The molecule has 1 aliphatic heterocycles. The van der Waals surface area contributed by atoms with Crippen LogP contribution in [0.2, 0.25) is 0 Å². The molecule has 0 spiro atoms. The zero-order chi connectivity index (χ0) is 13.3. The van der Waals surface area contributed by atoms with Crippen molar-refractivity contribution in [1.82, 2.24) is 5.32 Å². The van der Waals surface area contributed by atoms with Crippen molar-refractivity contribution in [2.24, 2.45) is 0 Å². The number of Topliss-reactive ketones (excluding diaryl/α,β-unsaturated/α-hetero) is 1. The lowest BCUT2D eigenvalue weighted by molar-refractivity contribution is -0.121. The van der Waals surface area contributed by atoms with Crippen LogP contribution in [0.4, 0.5) is 5.69 Å². The van der Waals surface area contributed by atoms with Crippen molar-refractivity contribution in [3.05, 3.63) is 23.8 Å². The highest BCUT2D eigenvalue weighted by atomic mass is 16.5. The number of carbonyl (C=O) groups excluding carboxylic acids is 3. The monoisotopic (exact) mass is 248 g/mol. The second-order valence-electron chi connectivity index (χ2n) is 3.78. The van der Waals surface area contributed by atoms with Gasteiger partial charge in [0.15, 0.2) is 0 Å². The lowest BCUT2D eigenvalue weighted by atomic mass is 10.1. The lowest BCUT2D eigenvalue weighted by Gasteiger charge is -2.15. The minimum atomic E-state index is -0.693. The molecule has 0 aromatic heterocycles. The third-order valence-electron chi connectivity index (χ3n) is 2.76. The minimum Gasteiger partial charge on any atom is -0.497 e. The Morgan fingerprint density at radius 3 is 2.72 bits per heavy atom. The highest BCUT2D eigenvalue weighted by Crippen LogP contribution is 2.31. The summed E-state index contributed by atoms with van der Waals surface area (Å²) in [6.45, 7) is -0.166. The Hall–Kier alpha value is -2.37. The first kappa shape index (κ1) is 12.1. The standard InChI is InChI=1S/C12H12N2O4/c1-13-10(15)6-14-9-4-3-7(18-2)5-8(9)11(16)12(14)17/h3-5H,6H2,1-2H3,(H,13,15). The van der Waals surface area contributed by atoms with Gasteiger partial charge in [-0.1, -0.05) is 0 Å². The Morgan fingerprint density at radius 1 is 1.39 bits per heavy atom. The van der Waals surface area contributed by atoms with E-state index in [0.29, 0.717) is 11.4 Å². The summed E-state index contributed by atoms with van der Waals surface area (Å²) in [6, 6.07) is 4.74. The number of hydrogen-bond donors (Lipinski definition) is 1. The van der Waals surface area contributed by atoms with Gasteiger partial charge in [-0.2, -0.15) is 0 Å². The molecular formula is C12H12N2O4. The zero-order valence-corrected chi connectivity index (χ0v) is 10.0. The van der Waals surface area contributed by atoms with Gasteiger partial charge < -0.3 is 10.1 Å². The molecule has 0 saturated carbocycles. The van der Waals surface area contributed by atoms with Gasteiger partial charge in [0.2, 0.25) is 5.91 Å². The summed E-state index contributed by atoms with van der Waals surface area (Å²) in [5.74, 6) is -1.15. The molecule has 0 radical (unpaired) electrons. The van der Waals surface area contributed by atoms with E-state index in [9.17, 15) is 14.4 Å². The van der Waals surface area contributed by atoms with Crippen LogP contribution in [0.1, 0.15) is 10.4 Å². The Morgan fingerprint density at radius 2 is 2.11 bits per heavy atom. The summed E-state index contributed by atoms with van der Waals surface area (Å²) in [7, 11) is 2.95. The van der Waals surface area contributed by atoms with Gasteiger partial charge in [0.25, 0.3) is 11.7 Å². The number of nitrogens with one attached hydrogen (secondary N) is 1. The number of benzene rings is 1. The molecule has 0 bridgehead atoms. The Bertz CT molecular complexity index is 539. The molecular weight excluding hydrogens is 236 g/mol. The number of carbonyl (C=O) groups is 3. The van der Waals surface area contributed by atoms with Crippen molar-refractivity contribution >= 4 is 23.3 Å². The van der Waals surface area contributed by atoms with Crippen molar-refractivity contribution < 1.29 is 19.1 Å². The molecule has 0 unspecified atom stereocenters. The lowest BCUT2D eigenvalue weighted by Crippen LogP contribution is -2.38. The summed E-state index contributed by atoms with van der Waals surface area (Å²) in [6.07, 6.45) is 0. The molecule has 6 nitrogen and oxygen atoms in total. The van der Waals surface area contributed by atoms with E-state index in [2.05, 4.69) is 5.32 Å². The maximum absolute atomic E-state index is 11.8. The van der Waals surface area contributed by atoms with Crippen LogP contribution in [0.5, 0.6) is 5.75 Å². The van der Waals surface area contributed by atoms with Crippen molar-refractivity contribution in [2.45, 2.75) is 0 Å². The van der Waals surface area contributed by atoms with Crippen LogP contribution in [0, 0.1) is 0 Å². The topological polar surface area (TPSA) is 75.7 Å². The second-order valence-corrected chi connectivity index (χ2v) is 3.78. The maximum atomic E-state index is 11.8. The number of rotatable bonds is 3. The van der Waals surface area contributed by atoms with Gasteiger partial charge in [-0.15, -0.1) is 0 Å². The first-order valence-corrected chi connectivity index (χ1v) is 5.33. The summed E-state index contributed by atoms with van der Waals surface area (Å²) in [5.41, 5.74) is 0.706. The molecule has 2 amide bonds. The van der Waals surface area contributed by atoms with E-state index < -0.39 is 11.7 Å². The van der Waals surface area contributed by atoms with E-state index >= 15 is 0 Å². The zero-order valence-electron chi connectivity index (χ0n) is 10.0. The maximum Gasteiger partial charge on any atom is 0.299 e. The predicted octanol–water partition coefficient (Wildman–Crippen LogP) is -0.0295. The Balaban J connectivity index is 2.40. The number of amides is 2. The molecule has 1 aliphatic rings. The van der Waals surface area contributed by atoms with E-state index in [1.165, 1.54) is 20.2 Å². The smallest absolute Gasteiger partial charge is 0.299 e. The number of ketones is 1. The largest absolute Gasteiger partial charge is 0.497 e. The molecule has 2 rings (SSSR count). The Kier molecular flexibility index (Phi) is 3.01. The number of nitrogens with zero attached hydrogens (tertiary/aromatic N) is 1. The summed E-state index contributed by atoms with van der Waals surface area (Å²) in [4.78, 5) is 36.0. The second kappa shape index (κ2) is 4.48. The number of hydrogen-bond acceptors (Lipinski definition) is 4. The van der Waals surface area contributed by atoms with Crippen LogP contribution >= 0.6 is 0 Å². The number of fused-ring (bicyclic) bond motifs is 1. The van der Waals surface area contributed by atoms with Gasteiger partial charge in [0.05, 0.1) is 18.4 Å². The molecule has 6 heteroatoms.